The first-order chi connectivity index (χ1) is 11.6. The molecule has 2 aromatic carbocycles. The Morgan fingerprint density at radius 1 is 1.08 bits per heavy atom. The molecule has 0 unspecified atom stereocenters. The van der Waals surface area contributed by atoms with Crippen LogP contribution in [0.15, 0.2) is 42.5 Å². The summed E-state index contributed by atoms with van der Waals surface area (Å²) in [5.74, 6) is 0.838. The first-order valence-corrected chi connectivity index (χ1v) is 7.48. The van der Waals surface area contributed by atoms with Gasteiger partial charge in [-0.1, -0.05) is 12.1 Å². The molecule has 0 bridgehead atoms. The number of carbonyl (C=O) groups excluding carboxylic acids is 1. The minimum atomic E-state index is -0.212. The van der Waals surface area contributed by atoms with Gasteiger partial charge in [-0.25, -0.2) is 0 Å². The number of nitrogens with one attached hydrogen (secondary N) is 1. The van der Waals surface area contributed by atoms with Gasteiger partial charge in [0.2, 0.25) is 12.7 Å². The van der Waals surface area contributed by atoms with Crippen molar-refractivity contribution in [2.24, 2.45) is 0 Å². The quantitative estimate of drug-likeness (QED) is 0.579. The van der Waals surface area contributed by atoms with Crippen molar-refractivity contribution in [2.75, 3.05) is 13.3 Å². The van der Waals surface area contributed by atoms with E-state index in [1.807, 2.05) is 12.1 Å². The van der Waals surface area contributed by atoms with Gasteiger partial charge in [0.05, 0.1) is 0 Å². The number of ether oxygens (including phenoxy) is 2. The Kier molecular flexibility index (Phi) is 4.56. The molecule has 2 aromatic rings. The van der Waals surface area contributed by atoms with Gasteiger partial charge in [0.1, 0.15) is 0 Å². The summed E-state index contributed by atoms with van der Waals surface area (Å²) >= 11 is 0. The maximum atomic E-state index is 11.8. The molecule has 3 N–H and O–H groups in total. The Hall–Kier alpha value is -3.15. The number of phenols is 2. The lowest BCUT2D eigenvalue weighted by atomic mass is 10.1. The molecule has 0 saturated heterocycles. The molecule has 24 heavy (non-hydrogen) atoms. The zero-order valence-corrected chi connectivity index (χ0v) is 12.9. The summed E-state index contributed by atoms with van der Waals surface area (Å²) in [4.78, 5) is 11.8. The first-order valence-electron chi connectivity index (χ1n) is 7.48. The second kappa shape index (κ2) is 6.95. The second-order valence-electron chi connectivity index (χ2n) is 5.31. The van der Waals surface area contributed by atoms with Gasteiger partial charge in [-0.15, -0.1) is 0 Å². The summed E-state index contributed by atoms with van der Waals surface area (Å²) in [5, 5.41) is 21.4. The van der Waals surface area contributed by atoms with Gasteiger partial charge in [0, 0.05) is 12.6 Å². The lowest BCUT2D eigenvalue weighted by Crippen LogP contribution is -2.23. The fraction of sp³-hybridized carbons (Fsp3) is 0.167. The van der Waals surface area contributed by atoms with Gasteiger partial charge in [0.15, 0.2) is 23.0 Å². The van der Waals surface area contributed by atoms with E-state index in [1.54, 1.807) is 18.2 Å². The summed E-state index contributed by atoms with van der Waals surface area (Å²) in [6, 6.07) is 10.1. The van der Waals surface area contributed by atoms with Gasteiger partial charge < -0.3 is 25.0 Å². The molecule has 124 valence electrons. The van der Waals surface area contributed by atoms with Gasteiger partial charge in [0.25, 0.3) is 0 Å². The minimum Gasteiger partial charge on any atom is -0.504 e. The molecule has 3 rings (SSSR count). The summed E-state index contributed by atoms with van der Waals surface area (Å²) in [7, 11) is 0. The largest absolute Gasteiger partial charge is 0.504 e. The van der Waals surface area contributed by atoms with Crippen molar-refractivity contribution in [1.82, 2.24) is 5.32 Å². The van der Waals surface area contributed by atoms with E-state index in [0.29, 0.717) is 24.5 Å². The first kappa shape index (κ1) is 15.7. The number of aromatic hydroxyl groups is 2. The molecule has 1 aliphatic rings. The van der Waals surface area contributed by atoms with Crippen LogP contribution in [-0.4, -0.2) is 29.5 Å². The van der Waals surface area contributed by atoms with Crippen molar-refractivity contribution in [3.05, 3.63) is 53.6 Å². The Morgan fingerprint density at radius 2 is 1.92 bits per heavy atom. The highest BCUT2D eigenvalue weighted by atomic mass is 16.7. The SMILES string of the molecule is O=C(/C=C/c1ccc2c(c1)OCO2)NCCc1ccc(O)c(O)c1. The monoisotopic (exact) mass is 327 g/mol. The molecule has 6 nitrogen and oxygen atoms in total. The van der Waals surface area contributed by atoms with Crippen molar-refractivity contribution >= 4 is 12.0 Å². The molecule has 0 spiro atoms. The molecule has 0 radical (unpaired) electrons. The third kappa shape index (κ3) is 3.78. The van der Waals surface area contributed by atoms with Crippen LogP contribution in [-0.2, 0) is 11.2 Å². The average Bonchev–Trinajstić information content (AvgIpc) is 3.04. The van der Waals surface area contributed by atoms with E-state index in [0.717, 1.165) is 11.1 Å². The van der Waals surface area contributed by atoms with E-state index in [2.05, 4.69) is 5.32 Å². The third-order valence-electron chi connectivity index (χ3n) is 3.58. The maximum absolute atomic E-state index is 11.8. The normalized spacial score (nSPS) is 12.5. The molecule has 1 aliphatic heterocycles. The maximum Gasteiger partial charge on any atom is 0.244 e. The van der Waals surface area contributed by atoms with Crippen LogP contribution in [0.5, 0.6) is 23.0 Å². The zero-order valence-electron chi connectivity index (χ0n) is 12.9. The molecule has 1 amide bonds. The van der Waals surface area contributed by atoms with E-state index in [1.165, 1.54) is 18.2 Å². The molecule has 0 aromatic heterocycles. The van der Waals surface area contributed by atoms with Crippen molar-refractivity contribution < 1.29 is 24.5 Å². The Morgan fingerprint density at radius 3 is 2.75 bits per heavy atom. The Bertz CT molecular complexity index is 785. The van der Waals surface area contributed by atoms with E-state index < -0.39 is 0 Å². The summed E-state index contributed by atoms with van der Waals surface area (Å²) in [6.45, 7) is 0.643. The van der Waals surface area contributed by atoms with Crippen LogP contribution in [0.25, 0.3) is 6.08 Å². The van der Waals surface area contributed by atoms with Crippen LogP contribution >= 0.6 is 0 Å². The topological polar surface area (TPSA) is 88.0 Å². The van der Waals surface area contributed by atoms with Gasteiger partial charge in [-0.3, -0.25) is 4.79 Å². The third-order valence-corrected chi connectivity index (χ3v) is 3.58. The molecule has 0 saturated carbocycles. The van der Waals surface area contributed by atoms with Crippen molar-refractivity contribution in [1.29, 1.82) is 0 Å². The minimum absolute atomic E-state index is 0.158. The predicted molar refractivity (Wildman–Crippen MR) is 88.1 cm³/mol. The van der Waals surface area contributed by atoms with E-state index in [-0.39, 0.29) is 24.2 Å². The van der Waals surface area contributed by atoms with Crippen LogP contribution in [0.3, 0.4) is 0 Å². The highest BCUT2D eigenvalue weighted by molar-refractivity contribution is 5.91. The predicted octanol–water partition coefficient (Wildman–Crippen LogP) is 2.20. The summed E-state index contributed by atoms with van der Waals surface area (Å²) in [5.41, 5.74) is 1.67. The van der Waals surface area contributed by atoms with Gasteiger partial charge >= 0.3 is 0 Å². The molecule has 0 fully saturated rings. The van der Waals surface area contributed by atoms with Crippen molar-refractivity contribution in [2.45, 2.75) is 6.42 Å². The van der Waals surface area contributed by atoms with E-state index in [4.69, 9.17) is 9.47 Å². The van der Waals surface area contributed by atoms with Crippen LogP contribution in [0.2, 0.25) is 0 Å². The number of fused-ring (bicyclic) bond motifs is 1. The molecule has 0 aliphatic carbocycles. The molecule has 1 heterocycles. The second-order valence-corrected chi connectivity index (χ2v) is 5.31. The van der Waals surface area contributed by atoms with E-state index >= 15 is 0 Å². The fourth-order valence-electron chi connectivity index (χ4n) is 2.30. The molecule has 0 atom stereocenters. The Balaban J connectivity index is 1.49. The number of carbonyl (C=O) groups is 1. The number of amides is 1. The zero-order chi connectivity index (χ0) is 16.9. The fourth-order valence-corrected chi connectivity index (χ4v) is 2.30. The van der Waals surface area contributed by atoms with Crippen LogP contribution < -0.4 is 14.8 Å². The highest BCUT2D eigenvalue weighted by Gasteiger charge is 2.12. The van der Waals surface area contributed by atoms with Crippen LogP contribution in [0, 0.1) is 0 Å². The average molecular weight is 327 g/mol. The Labute approximate surface area is 139 Å². The number of benzene rings is 2. The number of phenolic OH excluding ortho intramolecular Hbond substituents is 2. The van der Waals surface area contributed by atoms with Gasteiger partial charge in [-0.05, 0) is 47.9 Å². The lowest BCUT2D eigenvalue weighted by molar-refractivity contribution is -0.116. The lowest BCUT2D eigenvalue weighted by Gasteiger charge is -2.04. The number of hydrogen-bond acceptors (Lipinski definition) is 5. The van der Waals surface area contributed by atoms with Crippen molar-refractivity contribution in [3.63, 3.8) is 0 Å². The number of hydrogen-bond donors (Lipinski definition) is 3. The summed E-state index contributed by atoms with van der Waals surface area (Å²) in [6.07, 6.45) is 3.70. The van der Waals surface area contributed by atoms with E-state index in [9.17, 15) is 15.0 Å². The summed E-state index contributed by atoms with van der Waals surface area (Å²) < 4.78 is 10.5. The van der Waals surface area contributed by atoms with Gasteiger partial charge in [-0.2, -0.15) is 0 Å². The molecular weight excluding hydrogens is 310 g/mol. The van der Waals surface area contributed by atoms with Crippen LogP contribution in [0.1, 0.15) is 11.1 Å². The standard InChI is InChI=1S/C18H17NO5/c20-14-4-1-13(9-15(14)21)7-8-19-18(22)6-3-12-2-5-16-17(10-12)24-11-23-16/h1-6,9-10,20-21H,7-8,11H2,(H,19,22)/b6-3+. The van der Waals surface area contributed by atoms with Crippen LogP contribution in [0.4, 0.5) is 0 Å². The molecule has 6 heteroatoms. The molecular formula is C18H17NO5. The smallest absolute Gasteiger partial charge is 0.244 e. The number of rotatable bonds is 5. The highest BCUT2D eigenvalue weighted by Crippen LogP contribution is 2.32. The van der Waals surface area contributed by atoms with Crippen molar-refractivity contribution in [3.8, 4) is 23.0 Å².